The fourth-order valence-electron chi connectivity index (χ4n) is 3.46. The molecule has 0 saturated carbocycles. The molecule has 4 rings (SSSR count). The molecule has 3 aromatic rings. The molecule has 1 amide bonds. The predicted octanol–water partition coefficient (Wildman–Crippen LogP) is 4.38. The lowest BCUT2D eigenvalue weighted by Crippen LogP contribution is -2.26. The molecule has 2 heterocycles. The number of anilines is 3. The van der Waals surface area contributed by atoms with Gasteiger partial charge in [0.05, 0.1) is 5.56 Å². The Bertz CT molecular complexity index is 953. The van der Waals surface area contributed by atoms with Gasteiger partial charge < -0.3 is 10.2 Å². The molecule has 1 aromatic heterocycles. The van der Waals surface area contributed by atoms with Crippen LogP contribution in [0.5, 0.6) is 0 Å². The van der Waals surface area contributed by atoms with Crippen molar-refractivity contribution in [2.24, 2.45) is 0 Å². The zero-order chi connectivity index (χ0) is 18.6. The quantitative estimate of drug-likeness (QED) is 0.752. The summed E-state index contributed by atoms with van der Waals surface area (Å²) in [5.74, 6) is 0.439. The Morgan fingerprint density at radius 3 is 2.63 bits per heavy atom. The van der Waals surface area contributed by atoms with E-state index in [9.17, 15) is 4.79 Å². The van der Waals surface area contributed by atoms with Crippen LogP contribution in [0.1, 0.15) is 34.8 Å². The van der Waals surface area contributed by atoms with E-state index < -0.39 is 0 Å². The molecule has 1 aliphatic heterocycles. The first-order valence-electron chi connectivity index (χ1n) is 9.33. The van der Waals surface area contributed by atoms with E-state index in [1.54, 1.807) is 12.4 Å². The van der Waals surface area contributed by atoms with E-state index in [1.807, 2.05) is 30.3 Å². The maximum atomic E-state index is 12.6. The minimum Gasteiger partial charge on any atom is -0.322 e. The smallest absolute Gasteiger partial charge is 0.258 e. The van der Waals surface area contributed by atoms with Crippen molar-refractivity contribution in [1.29, 1.82) is 0 Å². The number of para-hydroxylation sites is 2. The van der Waals surface area contributed by atoms with E-state index in [4.69, 9.17) is 0 Å². The predicted molar refractivity (Wildman–Crippen MR) is 108 cm³/mol. The summed E-state index contributed by atoms with van der Waals surface area (Å²) in [6, 6.07) is 16.2. The second-order valence-corrected chi connectivity index (χ2v) is 6.62. The first-order chi connectivity index (χ1) is 13.3. The highest BCUT2D eigenvalue weighted by molar-refractivity contribution is 6.04. The molecule has 0 atom stereocenters. The lowest BCUT2D eigenvalue weighted by atomic mass is 10.0. The number of aromatic nitrogens is 2. The van der Waals surface area contributed by atoms with Crippen molar-refractivity contribution in [2.75, 3.05) is 16.8 Å². The van der Waals surface area contributed by atoms with E-state index in [2.05, 4.69) is 45.3 Å². The van der Waals surface area contributed by atoms with Gasteiger partial charge in [-0.15, -0.1) is 0 Å². The van der Waals surface area contributed by atoms with Gasteiger partial charge in [0.1, 0.15) is 0 Å². The number of hydrogen-bond donors (Lipinski definition) is 1. The fourth-order valence-corrected chi connectivity index (χ4v) is 3.46. The molecule has 136 valence electrons. The molecule has 5 heteroatoms. The third kappa shape index (κ3) is 3.53. The molecule has 0 radical (unpaired) electrons. The van der Waals surface area contributed by atoms with Gasteiger partial charge in [0.2, 0.25) is 5.95 Å². The first kappa shape index (κ1) is 17.2. The Balaban J connectivity index is 1.54. The molecule has 1 aliphatic rings. The van der Waals surface area contributed by atoms with Crippen molar-refractivity contribution >= 4 is 23.2 Å². The molecule has 0 bridgehead atoms. The van der Waals surface area contributed by atoms with Crippen LogP contribution in [-0.2, 0) is 12.8 Å². The summed E-state index contributed by atoms with van der Waals surface area (Å²) in [7, 11) is 0. The molecule has 0 unspecified atom stereocenters. The van der Waals surface area contributed by atoms with E-state index in [-0.39, 0.29) is 5.91 Å². The summed E-state index contributed by atoms with van der Waals surface area (Å²) in [5, 5.41) is 2.96. The molecule has 1 N–H and O–H groups in total. The second kappa shape index (κ2) is 7.58. The maximum Gasteiger partial charge on any atom is 0.258 e. The summed E-state index contributed by atoms with van der Waals surface area (Å²) in [5.41, 5.74) is 4.85. The zero-order valence-electron chi connectivity index (χ0n) is 15.4. The van der Waals surface area contributed by atoms with Crippen LogP contribution in [0.4, 0.5) is 17.3 Å². The Labute approximate surface area is 159 Å². The maximum absolute atomic E-state index is 12.6. The van der Waals surface area contributed by atoms with Crippen LogP contribution in [0.25, 0.3) is 0 Å². The average molecular weight is 358 g/mol. The van der Waals surface area contributed by atoms with E-state index in [1.165, 1.54) is 5.56 Å². The summed E-state index contributed by atoms with van der Waals surface area (Å²) in [6.45, 7) is 2.95. The number of benzene rings is 2. The number of rotatable bonds is 4. The third-order valence-electron chi connectivity index (χ3n) is 4.90. The summed E-state index contributed by atoms with van der Waals surface area (Å²) >= 11 is 0. The molecule has 5 nitrogen and oxygen atoms in total. The second-order valence-electron chi connectivity index (χ2n) is 6.62. The topological polar surface area (TPSA) is 58.1 Å². The van der Waals surface area contributed by atoms with Gasteiger partial charge in [0.25, 0.3) is 5.91 Å². The minimum absolute atomic E-state index is 0.193. The normalized spacial score (nSPS) is 13.1. The molecule has 0 aliphatic carbocycles. The zero-order valence-corrected chi connectivity index (χ0v) is 15.4. The Morgan fingerprint density at radius 2 is 1.81 bits per heavy atom. The van der Waals surface area contributed by atoms with Crippen LogP contribution in [0.15, 0.2) is 60.9 Å². The van der Waals surface area contributed by atoms with Gasteiger partial charge in [0.15, 0.2) is 0 Å². The largest absolute Gasteiger partial charge is 0.322 e. The minimum atomic E-state index is -0.193. The van der Waals surface area contributed by atoms with E-state index in [0.29, 0.717) is 11.5 Å². The van der Waals surface area contributed by atoms with Crippen LogP contribution in [0.2, 0.25) is 0 Å². The molecule has 27 heavy (non-hydrogen) atoms. The van der Waals surface area contributed by atoms with Crippen molar-refractivity contribution in [1.82, 2.24) is 9.97 Å². The van der Waals surface area contributed by atoms with Crippen LogP contribution >= 0.6 is 0 Å². The number of nitrogens with one attached hydrogen (secondary N) is 1. The summed E-state index contributed by atoms with van der Waals surface area (Å²) in [4.78, 5) is 23.6. The van der Waals surface area contributed by atoms with Gasteiger partial charge in [-0.1, -0.05) is 43.3 Å². The van der Waals surface area contributed by atoms with Gasteiger partial charge in [-0.05, 0) is 42.5 Å². The SMILES string of the molecule is CCc1ccccc1NC(=O)c1cnc(N2CCCc3ccccc32)nc1. The Kier molecular flexibility index (Phi) is 4.83. The van der Waals surface area contributed by atoms with E-state index in [0.717, 1.165) is 42.7 Å². The molecule has 0 saturated heterocycles. The number of fused-ring (bicyclic) bond motifs is 1. The van der Waals surface area contributed by atoms with Crippen molar-refractivity contribution in [3.63, 3.8) is 0 Å². The Morgan fingerprint density at radius 1 is 1.07 bits per heavy atom. The molecular weight excluding hydrogens is 336 g/mol. The van der Waals surface area contributed by atoms with Crippen molar-refractivity contribution in [2.45, 2.75) is 26.2 Å². The molecular formula is C22H22N4O. The van der Waals surface area contributed by atoms with Crippen LogP contribution in [0.3, 0.4) is 0 Å². The number of carbonyl (C=O) groups excluding carboxylic acids is 1. The van der Waals surface area contributed by atoms with Crippen LogP contribution in [-0.4, -0.2) is 22.4 Å². The molecule has 2 aromatic carbocycles. The highest BCUT2D eigenvalue weighted by Crippen LogP contribution is 2.31. The standard InChI is InChI=1S/C22H22N4O/c1-2-16-8-3-5-11-19(16)25-21(27)18-14-23-22(24-15-18)26-13-7-10-17-9-4-6-12-20(17)26/h3-6,8-9,11-12,14-15H,2,7,10,13H2,1H3,(H,25,27). The summed E-state index contributed by atoms with van der Waals surface area (Å²) < 4.78 is 0. The number of hydrogen-bond acceptors (Lipinski definition) is 4. The Hall–Kier alpha value is -3.21. The first-order valence-corrected chi connectivity index (χ1v) is 9.33. The monoisotopic (exact) mass is 358 g/mol. The number of carbonyl (C=O) groups is 1. The highest BCUT2D eigenvalue weighted by atomic mass is 16.1. The lowest BCUT2D eigenvalue weighted by molar-refractivity contribution is 0.102. The van der Waals surface area contributed by atoms with Gasteiger partial charge in [-0.25, -0.2) is 9.97 Å². The molecule has 0 spiro atoms. The van der Waals surface area contributed by atoms with Gasteiger partial charge in [-0.2, -0.15) is 0 Å². The van der Waals surface area contributed by atoms with Gasteiger partial charge in [-0.3, -0.25) is 4.79 Å². The number of nitrogens with zero attached hydrogens (tertiary/aromatic N) is 3. The van der Waals surface area contributed by atoms with Crippen LogP contribution in [0, 0.1) is 0 Å². The number of amides is 1. The van der Waals surface area contributed by atoms with Crippen molar-refractivity contribution in [3.8, 4) is 0 Å². The van der Waals surface area contributed by atoms with E-state index >= 15 is 0 Å². The number of aryl methyl sites for hydroxylation is 2. The average Bonchev–Trinajstić information content (AvgIpc) is 2.74. The van der Waals surface area contributed by atoms with Crippen molar-refractivity contribution < 1.29 is 4.79 Å². The van der Waals surface area contributed by atoms with Crippen LogP contribution < -0.4 is 10.2 Å². The molecule has 0 fully saturated rings. The highest BCUT2D eigenvalue weighted by Gasteiger charge is 2.20. The van der Waals surface area contributed by atoms with Gasteiger partial charge >= 0.3 is 0 Å². The fraction of sp³-hybridized carbons (Fsp3) is 0.227. The lowest BCUT2D eigenvalue weighted by Gasteiger charge is -2.29. The van der Waals surface area contributed by atoms with Crippen molar-refractivity contribution in [3.05, 3.63) is 77.6 Å². The summed E-state index contributed by atoms with van der Waals surface area (Å²) in [6.07, 6.45) is 6.20. The third-order valence-corrected chi connectivity index (χ3v) is 4.90. The van der Waals surface area contributed by atoms with Gasteiger partial charge in [0, 0.05) is 30.3 Å².